The molecule has 0 heterocycles. The fraction of sp³-hybridized carbons (Fsp3) is 0.593. The van der Waals surface area contributed by atoms with Gasteiger partial charge in [-0.05, 0) is 50.1 Å². The number of carbonyl (C=O) groups excluding carboxylic acids is 3. The standard InChI is InChI=1S/C27H46N8O5/c1-17(2)15-21(25(38)35-22(26(39)40)16-18-9-4-3-5-10-18)34-24(37)20(12-8-14-32-27(30)31)33-23(36)19(29)11-6-7-13-28/h3-5,9-10,17,19-22H,6-8,11-16,28-29H2,1-2H3,(H,33,36)(H,34,37)(H,35,38)(H,39,40)(H4,30,31,32). The lowest BCUT2D eigenvalue weighted by atomic mass is 10.0. The number of nitrogens with zero attached hydrogens (tertiary/aromatic N) is 1. The summed E-state index contributed by atoms with van der Waals surface area (Å²) in [7, 11) is 0. The van der Waals surface area contributed by atoms with Crippen molar-refractivity contribution in [3.8, 4) is 0 Å². The molecule has 0 radical (unpaired) electrons. The number of hydrogen-bond acceptors (Lipinski definition) is 7. The molecule has 13 nitrogen and oxygen atoms in total. The zero-order valence-electron chi connectivity index (χ0n) is 23.5. The molecule has 0 bridgehead atoms. The number of aliphatic carboxylic acids is 1. The fourth-order valence-electron chi connectivity index (χ4n) is 3.99. The summed E-state index contributed by atoms with van der Waals surface area (Å²) in [5.41, 5.74) is 23.0. The van der Waals surface area contributed by atoms with Crippen molar-refractivity contribution in [2.45, 2.75) is 83.0 Å². The average molecular weight is 563 g/mol. The van der Waals surface area contributed by atoms with Gasteiger partial charge in [0.1, 0.15) is 18.1 Å². The summed E-state index contributed by atoms with van der Waals surface area (Å²) in [4.78, 5) is 55.1. The number of carbonyl (C=O) groups is 4. The van der Waals surface area contributed by atoms with E-state index in [1.165, 1.54) is 0 Å². The zero-order valence-corrected chi connectivity index (χ0v) is 23.5. The number of carboxylic acid groups (broad SMARTS) is 1. The molecular weight excluding hydrogens is 516 g/mol. The van der Waals surface area contributed by atoms with Gasteiger partial charge in [-0.15, -0.1) is 0 Å². The molecule has 4 unspecified atom stereocenters. The Labute approximate surface area is 235 Å². The highest BCUT2D eigenvalue weighted by Crippen LogP contribution is 2.10. The van der Waals surface area contributed by atoms with Gasteiger partial charge in [0.25, 0.3) is 0 Å². The lowest BCUT2D eigenvalue weighted by Crippen LogP contribution is -2.57. The molecule has 3 amide bonds. The summed E-state index contributed by atoms with van der Waals surface area (Å²) in [5, 5.41) is 17.6. The fourth-order valence-corrected chi connectivity index (χ4v) is 3.99. The number of unbranched alkanes of at least 4 members (excludes halogenated alkanes) is 1. The van der Waals surface area contributed by atoms with Crippen LogP contribution in [0, 0.1) is 5.92 Å². The Hall–Kier alpha value is -3.71. The molecule has 0 saturated carbocycles. The summed E-state index contributed by atoms with van der Waals surface area (Å²) in [6.45, 7) is 4.47. The van der Waals surface area contributed by atoms with Crippen LogP contribution < -0.4 is 38.9 Å². The highest BCUT2D eigenvalue weighted by molar-refractivity contribution is 5.94. The van der Waals surface area contributed by atoms with Crippen LogP contribution in [0.5, 0.6) is 0 Å². The number of benzene rings is 1. The normalized spacial score (nSPS) is 13.9. The number of nitrogens with one attached hydrogen (secondary N) is 3. The van der Waals surface area contributed by atoms with Crippen molar-refractivity contribution >= 4 is 29.7 Å². The Kier molecular flexibility index (Phi) is 15.9. The molecule has 0 fully saturated rings. The van der Waals surface area contributed by atoms with E-state index in [1.807, 2.05) is 19.9 Å². The third-order valence-corrected chi connectivity index (χ3v) is 6.12. The molecule has 40 heavy (non-hydrogen) atoms. The van der Waals surface area contributed by atoms with Crippen LogP contribution >= 0.6 is 0 Å². The first kappa shape index (κ1) is 34.3. The SMILES string of the molecule is CC(C)CC(NC(=O)C(CCCN=C(N)N)NC(=O)C(N)CCCCN)C(=O)NC(Cc1ccccc1)C(=O)O. The molecule has 0 spiro atoms. The van der Waals surface area contributed by atoms with E-state index in [1.54, 1.807) is 24.3 Å². The van der Waals surface area contributed by atoms with E-state index < -0.39 is 47.9 Å². The van der Waals surface area contributed by atoms with Crippen LogP contribution in [-0.2, 0) is 25.6 Å². The number of rotatable bonds is 19. The van der Waals surface area contributed by atoms with Crippen LogP contribution in [0.3, 0.4) is 0 Å². The van der Waals surface area contributed by atoms with Crippen molar-refractivity contribution in [3.63, 3.8) is 0 Å². The van der Waals surface area contributed by atoms with Gasteiger partial charge in [0, 0.05) is 13.0 Å². The van der Waals surface area contributed by atoms with Crippen molar-refractivity contribution in [2.75, 3.05) is 13.1 Å². The number of guanidine groups is 1. The van der Waals surface area contributed by atoms with Gasteiger partial charge < -0.3 is 44.0 Å². The molecule has 1 aromatic rings. The quantitative estimate of drug-likeness (QED) is 0.0604. The van der Waals surface area contributed by atoms with Gasteiger partial charge in [-0.3, -0.25) is 19.4 Å². The topological polar surface area (TPSA) is 241 Å². The van der Waals surface area contributed by atoms with E-state index in [9.17, 15) is 24.3 Å². The van der Waals surface area contributed by atoms with E-state index in [0.717, 1.165) is 12.0 Å². The van der Waals surface area contributed by atoms with Gasteiger partial charge in [0.2, 0.25) is 17.7 Å². The Morgan fingerprint density at radius 2 is 1.45 bits per heavy atom. The van der Waals surface area contributed by atoms with Crippen molar-refractivity contribution in [1.82, 2.24) is 16.0 Å². The first-order valence-electron chi connectivity index (χ1n) is 13.6. The minimum Gasteiger partial charge on any atom is -0.480 e. The highest BCUT2D eigenvalue weighted by atomic mass is 16.4. The van der Waals surface area contributed by atoms with Crippen LogP contribution in [0.4, 0.5) is 0 Å². The number of carboxylic acids is 1. The summed E-state index contributed by atoms with van der Waals surface area (Å²) < 4.78 is 0. The lowest BCUT2D eigenvalue weighted by molar-refractivity contribution is -0.142. The van der Waals surface area contributed by atoms with Crippen LogP contribution in [0.2, 0.25) is 0 Å². The molecule has 224 valence electrons. The Morgan fingerprint density at radius 1 is 0.850 bits per heavy atom. The molecule has 0 saturated heterocycles. The van der Waals surface area contributed by atoms with Gasteiger partial charge in [-0.25, -0.2) is 4.79 Å². The Bertz CT molecular complexity index is 969. The van der Waals surface area contributed by atoms with E-state index in [0.29, 0.717) is 25.8 Å². The number of hydrogen-bond donors (Lipinski definition) is 8. The third kappa shape index (κ3) is 13.9. The summed E-state index contributed by atoms with van der Waals surface area (Å²) in [6, 6.07) is 4.85. The predicted octanol–water partition coefficient (Wildman–Crippen LogP) is -0.676. The molecule has 0 aliphatic carbocycles. The molecule has 0 aliphatic rings. The molecular formula is C27H46N8O5. The first-order valence-corrected chi connectivity index (χ1v) is 13.6. The maximum atomic E-state index is 13.3. The van der Waals surface area contributed by atoms with Crippen molar-refractivity contribution in [3.05, 3.63) is 35.9 Å². The monoisotopic (exact) mass is 562 g/mol. The highest BCUT2D eigenvalue weighted by Gasteiger charge is 2.30. The largest absolute Gasteiger partial charge is 0.480 e. The van der Waals surface area contributed by atoms with E-state index in [4.69, 9.17) is 22.9 Å². The summed E-state index contributed by atoms with van der Waals surface area (Å²) in [6.07, 6.45) is 2.68. The van der Waals surface area contributed by atoms with Crippen LogP contribution in [0.25, 0.3) is 0 Å². The molecule has 12 N–H and O–H groups in total. The maximum absolute atomic E-state index is 13.3. The van der Waals surface area contributed by atoms with Gasteiger partial charge in [0.15, 0.2) is 5.96 Å². The molecule has 13 heteroatoms. The molecule has 0 aromatic heterocycles. The zero-order chi connectivity index (χ0) is 30.1. The van der Waals surface area contributed by atoms with Crippen LogP contribution in [0.15, 0.2) is 35.3 Å². The van der Waals surface area contributed by atoms with Gasteiger partial charge >= 0.3 is 5.97 Å². The Morgan fingerprint density at radius 3 is 2.02 bits per heavy atom. The average Bonchev–Trinajstić information content (AvgIpc) is 2.89. The van der Waals surface area contributed by atoms with Gasteiger partial charge in [-0.2, -0.15) is 0 Å². The van der Waals surface area contributed by atoms with E-state index in [-0.39, 0.29) is 37.7 Å². The predicted molar refractivity (Wildman–Crippen MR) is 154 cm³/mol. The number of nitrogens with two attached hydrogens (primary N) is 4. The summed E-state index contributed by atoms with van der Waals surface area (Å²) >= 11 is 0. The van der Waals surface area contributed by atoms with Gasteiger partial charge in [0.05, 0.1) is 6.04 Å². The second-order valence-electron chi connectivity index (χ2n) is 10.2. The van der Waals surface area contributed by atoms with Crippen LogP contribution in [0.1, 0.15) is 57.9 Å². The van der Waals surface area contributed by atoms with E-state index >= 15 is 0 Å². The maximum Gasteiger partial charge on any atom is 0.326 e. The third-order valence-electron chi connectivity index (χ3n) is 6.12. The minimum absolute atomic E-state index is 0.000624. The molecule has 1 rings (SSSR count). The summed E-state index contributed by atoms with van der Waals surface area (Å²) in [5.74, 6) is -3.01. The number of amides is 3. The van der Waals surface area contributed by atoms with Crippen molar-refractivity contribution in [1.29, 1.82) is 0 Å². The number of aliphatic imine (C=N–C) groups is 1. The second kappa shape index (κ2) is 18.6. The molecule has 1 aromatic carbocycles. The lowest BCUT2D eigenvalue weighted by Gasteiger charge is -2.26. The van der Waals surface area contributed by atoms with Crippen LogP contribution in [-0.4, -0.2) is 72.0 Å². The van der Waals surface area contributed by atoms with Crippen molar-refractivity contribution in [2.24, 2.45) is 33.8 Å². The van der Waals surface area contributed by atoms with Crippen molar-refractivity contribution < 1.29 is 24.3 Å². The first-order chi connectivity index (χ1) is 18.9. The Balaban J connectivity index is 3.01. The minimum atomic E-state index is -1.19. The molecule has 0 aliphatic heterocycles. The smallest absolute Gasteiger partial charge is 0.326 e. The second-order valence-corrected chi connectivity index (χ2v) is 10.2. The van der Waals surface area contributed by atoms with Gasteiger partial charge in [-0.1, -0.05) is 50.6 Å². The molecule has 4 atom stereocenters. The van der Waals surface area contributed by atoms with E-state index in [2.05, 4.69) is 20.9 Å².